The number of nitrogen functional groups attached to an aromatic ring is 1. The molecule has 2 aromatic heterocycles. The smallest absolute Gasteiger partial charge is 0.341 e. The van der Waals surface area contributed by atoms with Gasteiger partial charge in [-0.3, -0.25) is 0 Å². The van der Waals surface area contributed by atoms with E-state index in [9.17, 15) is 4.79 Å². The maximum atomic E-state index is 12.0. The van der Waals surface area contributed by atoms with Crippen molar-refractivity contribution in [2.75, 3.05) is 17.7 Å². The molecule has 24 heavy (non-hydrogen) atoms. The number of hydrogen-bond acceptors (Lipinski definition) is 8. The normalized spacial score (nSPS) is 10.6. The van der Waals surface area contributed by atoms with Crippen LogP contribution in [0.4, 0.5) is 15.8 Å². The lowest BCUT2D eigenvalue weighted by Gasteiger charge is -2.02. The van der Waals surface area contributed by atoms with Crippen LogP contribution in [-0.2, 0) is 4.74 Å². The molecule has 1 aromatic carbocycles. The minimum Gasteiger partial charge on any atom is -0.462 e. The van der Waals surface area contributed by atoms with Gasteiger partial charge in [-0.15, -0.1) is 11.3 Å². The highest BCUT2D eigenvalue weighted by molar-refractivity contribution is 7.20. The van der Waals surface area contributed by atoms with Gasteiger partial charge in [-0.05, 0) is 31.5 Å². The summed E-state index contributed by atoms with van der Waals surface area (Å²) in [6.45, 7) is 3.91. The molecule has 0 aliphatic carbocycles. The van der Waals surface area contributed by atoms with E-state index in [2.05, 4.69) is 14.7 Å². The molecule has 0 amide bonds. The van der Waals surface area contributed by atoms with Crippen molar-refractivity contribution < 1.29 is 9.53 Å². The van der Waals surface area contributed by atoms with Gasteiger partial charge in [0, 0.05) is 17.2 Å². The lowest BCUT2D eigenvalue weighted by atomic mass is 10.1. The summed E-state index contributed by atoms with van der Waals surface area (Å²) in [5, 5.41) is 4.31. The minimum absolute atomic E-state index is 0.309. The van der Waals surface area contributed by atoms with E-state index in [1.54, 1.807) is 6.92 Å². The SMILES string of the molecule is CCOC(=O)c1c(N)sc(-c2nsc(Nc3ccccc3)n2)c1C. The number of esters is 1. The highest BCUT2D eigenvalue weighted by Gasteiger charge is 2.23. The first-order valence-corrected chi connectivity index (χ1v) is 8.91. The first-order valence-electron chi connectivity index (χ1n) is 7.32. The second kappa shape index (κ2) is 6.98. The molecular formula is C16H16N4O2S2. The highest BCUT2D eigenvalue weighted by Crippen LogP contribution is 2.38. The predicted octanol–water partition coefficient (Wildman–Crippen LogP) is 4.08. The van der Waals surface area contributed by atoms with Gasteiger partial charge in [-0.1, -0.05) is 18.2 Å². The van der Waals surface area contributed by atoms with Crippen molar-refractivity contribution in [3.8, 4) is 10.7 Å². The van der Waals surface area contributed by atoms with Crippen molar-refractivity contribution >= 4 is 44.7 Å². The van der Waals surface area contributed by atoms with Gasteiger partial charge in [0.1, 0.15) is 5.00 Å². The Balaban J connectivity index is 1.88. The number of benzene rings is 1. The average Bonchev–Trinajstić information content (AvgIpc) is 3.13. The molecule has 0 fully saturated rings. The van der Waals surface area contributed by atoms with Gasteiger partial charge >= 0.3 is 5.97 Å². The fourth-order valence-corrected chi connectivity index (χ4v) is 3.87. The number of carbonyl (C=O) groups is 1. The molecule has 0 aliphatic rings. The Morgan fingerprint density at radius 3 is 2.79 bits per heavy atom. The Morgan fingerprint density at radius 1 is 1.33 bits per heavy atom. The number of thiophene rings is 1. The van der Waals surface area contributed by atoms with Crippen molar-refractivity contribution in [2.45, 2.75) is 13.8 Å². The Morgan fingerprint density at radius 2 is 2.08 bits per heavy atom. The second-order valence-electron chi connectivity index (χ2n) is 4.93. The number of nitrogens with two attached hydrogens (primary N) is 1. The zero-order chi connectivity index (χ0) is 17.1. The minimum atomic E-state index is -0.409. The summed E-state index contributed by atoms with van der Waals surface area (Å²) in [5.41, 5.74) is 8.09. The van der Waals surface area contributed by atoms with Gasteiger partial charge in [0.25, 0.3) is 0 Å². The van der Waals surface area contributed by atoms with Gasteiger partial charge in [0.15, 0.2) is 5.82 Å². The average molecular weight is 360 g/mol. The molecule has 0 saturated carbocycles. The molecule has 0 aliphatic heterocycles. The van der Waals surface area contributed by atoms with Crippen LogP contribution in [0.1, 0.15) is 22.8 Å². The third-order valence-electron chi connectivity index (χ3n) is 3.31. The molecule has 3 N–H and O–H groups in total. The third kappa shape index (κ3) is 3.24. The predicted molar refractivity (Wildman–Crippen MR) is 98.1 cm³/mol. The van der Waals surface area contributed by atoms with E-state index in [0.717, 1.165) is 16.1 Å². The molecule has 0 radical (unpaired) electrons. The zero-order valence-corrected chi connectivity index (χ0v) is 14.8. The number of aromatic nitrogens is 2. The number of anilines is 3. The summed E-state index contributed by atoms with van der Waals surface area (Å²) < 4.78 is 9.43. The van der Waals surface area contributed by atoms with Gasteiger partial charge in [0.2, 0.25) is 5.13 Å². The summed E-state index contributed by atoms with van der Waals surface area (Å²) in [6.07, 6.45) is 0. The lowest BCUT2D eigenvalue weighted by Crippen LogP contribution is -2.07. The molecule has 2 heterocycles. The maximum Gasteiger partial charge on any atom is 0.341 e. The van der Waals surface area contributed by atoms with Crippen molar-refractivity contribution in [1.82, 2.24) is 9.36 Å². The van der Waals surface area contributed by atoms with Gasteiger partial charge in [-0.25, -0.2) is 4.79 Å². The first kappa shape index (κ1) is 16.4. The summed E-state index contributed by atoms with van der Waals surface area (Å²) in [5.74, 6) is 0.149. The second-order valence-corrected chi connectivity index (χ2v) is 6.73. The van der Waals surface area contributed by atoms with Crippen molar-refractivity contribution in [1.29, 1.82) is 0 Å². The molecule has 0 bridgehead atoms. The molecule has 3 rings (SSSR count). The van der Waals surface area contributed by atoms with Crippen LogP contribution < -0.4 is 11.1 Å². The summed E-state index contributed by atoms with van der Waals surface area (Å²) in [6, 6.07) is 9.74. The quantitative estimate of drug-likeness (QED) is 0.666. The third-order valence-corrected chi connectivity index (χ3v) is 5.06. The van der Waals surface area contributed by atoms with E-state index < -0.39 is 5.97 Å². The van der Waals surface area contributed by atoms with E-state index in [4.69, 9.17) is 10.5 Å². The fraction of sp³-hybridized carbons (Fsp3) is 0.188. The lowest BCUT2D eigenvalue weighted by molar-refractivity contribution is 0.0527. The van der Waals surface area contributed by atoms with Gasteiger partial charge in [0.05, 0.1) is 17.0 Å². The Kier molecular flexibility index (Phi) is 4.77. The number of para-hydroxylation sites is 1. The zero-order valence-electron chi connectivity index (χ0n) is 13.2. The monoisotopic (exact) mass is 360 g/mol. The van der Waals surface area contributed by atoms with E-state index in [1.165, 1.54) is 22.9 Å². The van der Waals surface area contributed by atoms with Crippen LogP contribution in [0.5, 0.6) is 0 Å². The number of ether oxygens (including phenoxy) is 1. The Hall–Kier alpha value is -2.45. The fourth-order valence-electron chi connectivity index (χ4n) is 2.22. The van der Waals surface area contributed by atoms with Gasteiger partial charge < -0.3 is 15.8 Å². The highest BCUT2D eigenvalue weighted by atomic mass is 32.1. The summed E-state index contributed by atoms with van der Waals surface area (Å²) in [4.78, 5) is 17.3. The number of hydrogen-bond donors (Lipinski definition) is 2. The number of nitrogens with one attached hydrogen (secondary N) is 1. The molecular weight excluding hydrogens is 344 g/mol. The van der Waals surface area contributed by atoms with Crippen LogP contribution >= 0.6 is 22.9 Å². The Labute approximate surface area is 147 Å². The molecule has 0 unspecified atom stereocenters. The van der Waals surface area contributed by atoms with Gasteiger partial charge in [-0.2, -0.15) is 9.36 Å². The molecule has 8 heteroatoms. The van der Waals surface area contributed by atoms with Crippen LogP contribution in [0.3, 0.4) is 0 Å². The molecule has 3 aromatic rings. The van der Waals surface area contributed by atoms with Crippen LogP contribution in [-0.4, -0.2) is 21.9 Å². The number of carbonyl (C=O) groups excluding carboxylic acids is 1. The van der Waals surface area contributed by atoms with Crippen LogP contribution in [0.2, 0.25) is 0 Å². The molecule has 6 nitrogen and oxygen atoms in total. The summed E-state index contributed by atoms with van der Waals surface area (Å²) in [7, 11) is 0. The molecule has 0 atom stereocenters. The van der Waals surface area contributed by atoms with Crippen LogP contribution in [0.25, 0.3) is 10.7 Å². The van der Waals surface area contributed by atoms with E-state index >= 15 is 0 Å². The van der Waals surface area contributed by atoms with E-state index in [1.807, 2.05) is 37.3 Å². The van der Waals surface area contributed by atoms with Crippen LogP contribution in [0, 0.1) is 6.92 Å². The Bertz CT molecular complexity index is 858. The first-order chi connectivity index (χ1) is 11.6. The topological polar surface area (TPSA) is 90.1 Å². The van der Waals surface area contributed by atoms with Crippen molar-refractivity contribution in [3.63, 3.8) is 0 Å². The molecule has 124 valence electrons. The van der Waals surface area contributed by atoms with E-state index in [0.29, 0.717) is 28.1 Å². The maximum absolute atomic E-state index is 12.0. The van der Waals surface area contributed by atoms with Crippen molar-refractivity contribution in [3.05, 3.63) is 41.5 Å². The molecule has 0 saturated heterocycles. The van der Waals surface area contributed by atoms with Crippen LogP contribution in [0.15, 0.2) is 30.3 Å². The molecule has 0 spiro atoms. The van der Waals surface area contributed by atoms with Crippen molar-refractivity contribution in [2.24, 2.45) is 0 Å². The van der Waals surface area contributed by atoms with E-state index in [-0.39, 0.29) is 0 Å². The summed E-state index contributed by atoms with van der Waals surface area (Å²) >= 11 is 2.56. The standard InChI is InChI=1S/C16H16N4O2S2/c1-3-22-15(21)11-9(2)12(23-13(11)17)14-19-16(24-20-14)18-10-7-5-4-6-8-10/h4-8H,3,17H2,1-2H3,(H,18,19,20). The number of nitrogens with zero attached hydrogens (tertiary/aromatic N) is 2. The largest absolute Gasteiger partial charge is 0.462 e. The number of rotatable bonds is 5.